The van der Waals surface area contributed by atoms with Crippen LogP contribution in [0.25, 0.3) is 0 Å². The first kappa shape index (κ1) is 49.0. The van der Waals surface area contributed by atoms with Crippen LogP contribution in [0.4, 0.5) is 0 Å². The zero-order valence-electron chi connectivity index (χ0n) is 33.7. The molecule has 0 spiro atoms. The molecule has 8 heteroatoms. The van der Waals surface area contributed by atoms with Gasteiger partial charge in [-0.05, 0) is 51.4 Å². The molecular weight excluding hydrogens is 654 g/mol. The van der Waals surface area contributed by atoms with Crippen molar-refractivity contribution >= 4 is 17.9 Å². The maximum atomic E-state index is 12.6. The first-order valence-corrected chi connectivity index (χ1v) is 20.3. The Morgan fingerprint density at radius 3 is 1.58 bits per heavy atom. The number of ether oxygens (including phenoxy) is 3. The summed E-state index contributed by atoms with van der Waals surface area (Å²) in [4.78, 5) is 36.7. The molecule has 0 radical (unpaired) electrons. The van der Waals surface area contributed by atoms with Crippen LogP contribution in [0.3, 0.4) is 0 Å². The topological polar surface area (TPSA) is 102 Å². The van der Waals surface area contributed by atoms with E-state index in [1.54, 1.807) is 21.1 Å². The number of carboxylic acids is 1. The standard InChI is InChI=1S/C44H75NO7/c1-6-8-10-12-14-16-18-19-20-21-22-23-25-27-29-31-33-35-43(47)52-40(38-50-37-36-41(44(48)49)45(3,4)5)39-51-42(46)34-32-30-28-26-24-17-15-13-11-9-7-2/h8,10,14,16,19-20,22-23,27,29,40-41H,6-7,9,11-13,15,17-18,21,24-26,28,30-39H2,1-5H3/b10-8-,16-14-,20-19-,23-22-,29-27-. The minimum Gasteiger partial charge on any atom is -0.544 e. The van der Waals surface area contributed by atoms with E-state index in [9.17, 15) is 19.5 Å². The van der Waals surface area contributed by atoms with E-state index in [1.807, 2.05) is 0 Å². The van der Waals surface area contributed by atoms with E-state index in [0.717, 1.165) is 57.8 Å². The average molecular weight is 730 g/mol. The van der Waals surface area contributed by atoms with Gasteiger partial charge in [-0.3, -0.25) is 9.59 Å². The fourth-order valence-electron chi connectivity index (χ4n) is 5.52. The summed E-state index contributed by atoms with van der Waals surface area (Å²) in [5.41, 5.74) is 0. The second-order valence-electron chi connectivity index (χ2n) is 14.5. The summed E-state index contributed by atoms with van der Waals surface area (Å²) in [6.45, 7) is 4.46. The molecule has 0 fully saturated rings. The number of hydrogen-bond acceptors (Lipinski definition) is 7. The van der Waals surface area contributed by atoms with Crippen LogP contribution in [-0.4, -0.2) is 75.5 Å². The number of carbonyl (C=O) groups is 3. The molecule has 0 aromatic carbocycles. The summed E-state index contributed by atoms with van der Waals surface area (Å²) < 4.78 is 17.0. The summed E-state index contributed by atoms with van der Waals surface area (Å²) in [6.07, 6.45) is 41.1. The molecule has 0 saturated carbocycles. The Labute approximate surface area is 318 Å². The fraction of sp³-hybridized carbons (Fsp3) is 0.705. The van der Waals surface area contributed by atoms with E-state index >= 15 is 0 Å². The van der Waals surface area contributed by atoms with Crippen LogP contribution >= 0.6 is 0 Å². The molecule has 0 amide bonds. The molecule has 0 aliphatic rings. The van der Waals surface area contributed by atoms with Crippen LogP contribution in [0.1, 0.15) is 149 Å². The minimum atomic E-state index is -1.14. The largest absolute Gasteiger partial charge is 0.544 e. The van der Waals surface area contributed by atoms with Crippen molar-refractivity contribution in [2.75, 3.05) is 41.0 Å². The molecule has 0 saturated heterocycles. The number of unbranched alkanes of at least 4 members (excludes halogenated alkanes) is 11. The number of allylic oxidation sites excluding steroid dienone is 10. The highest BCUT2D eigenvalue weighted by molar-refractivity contribution is 5.70. The molecule has 0 N–H and O–H groups in total. The van der Waals surface area contributed by atoms with Gasteiger partial charge in [0.1, 0.15) is 12.6 Å². The molecular formula is C44H75NO7. The highest BCUT2D eigenvalue weighted by Crippen LogP contribution is 2.13. The first-order valence-electron chi connectivity index (χ1n) is 20.3. The number of aliphatic carboxylic acids is 1. The third-order valence-electron chi connectivity index (χ3n) is 8.67. The van der Waals surface area contributed by atoms with Gasteiger partial charge < -0.3 is 28.6 Å². The van der Waals surface area contributed by atoms with E-state index in [2.05, 4.69) is 74.6 Å². The number of quaternary nitrogens is 1. The highest BCUT2D eigenvalue weighted by atomic mass is 16.6. The van der Waals surface area contributed by atoms with Crippen molar-refractivity contribution in [3.05, 3.63) is 60.8 Å². The van der Waals surface area contributed by atoms with E-state index in [0.29, 0.717) is 12.8 Å². The van der Waals surface area contributed by atoms with Crippen LogP contribution in [0.2, 0.25) is 0 Å². The molecule has 0 aliphatic carbocycles. The zero-order valence-corrected chi connectivity index (χ0v) is 33.7. The van der Waals surface area contributed by atoms with E-state index in [-0.39, 0.29) is 49.1 Å². The summed E-state index contributed by atoms with van der Waals surface area (Å²) >= 11 is 0. The molecule has 0 aromatic rings. The van der Waals surface area contributed by atoms with Crippen LogP contribution in [0.5, 0.6) is 0 Å². The Morgan fingerprint density at radius 2 is 1.08 bits per heavy atom. The summed E-state index contributed by atoms with van der Waals surface area (Å²) in [5.74, 6) is -1.82. The third kappa shape index (κ3) is 32.9. The van der Waals surface area contributed by atoms with Gasteiger partial charge in [0, 0.05) is 19.3 Å². The lowest BCUT2D eigenvalue weighted by Crippen LogP contribution is -2.55. The third-order valence-corrected chi connectivity index (χ3v) is 8.67. The molecule has 8 nitrogen and oxygen atoms in total. The second kappa shape index (κ2) is 35.1. The second-order valence-corrected chi connectivity index (χ2v) is 14.5. The number of hydrogen-bond donors (Lipinski definition) is 0. The first-order chi connectivity index (χ1) is 25.1. The zero-order chi connectivity index (χ0) is 38.5. The van der Waals surface area contributed by atoms with Gasteiger partial charge >= 0.3 is 11.9 Å². The molecule has 0 bridgehead atoms. The lowest BCUT2D eigenvalue weighted by Gasteiger charge is -2.34. The predicted octanol–water partition coefficient (Wildman–Crippen LogP) is 9.30. The Kier molecular flexibility index (Phi) is 33.1. The minimum absolute atomic E-state index is 0.0170. The van der Waals surface area contributed by atoms with Crippen molar-refractivity contribution in [2.45, 2.75) is 161 Å². The van der Waals surface area contributed by atoms with E-state index < -0.39 is 18.1 Å². The van der Waals surface area contributed by atoms with E-state index in [1.165, 1.54) is 51.4 Å². The van der Waals surface area contributed by atoms with Crippen LogP contribution in [-0.2, 0) is 28.6 Å². The summed E-state index contributed by atoms with van der Waals surface area (Å²) in [6, 6.07) is -0.736. The van der Waals surface area contributed by atoms with E-state index in [4.69, 9.17) is 14.2 Å². The maximum Gasteiger partial charge on any atom is 0.306 e. The molecule has 298 valence electrons. The van der Waals surface area contributed by atoms with Crippen molar-refractivity contribution in [3.8, 4) is 0 Å². The molecule has 0 aromatic heterocycles. The molecule has 2 atom stereocenters. The maximum absolute atomic E-state index is 12.6. The van der Waals surface area contributed by atoms with Crippen molar-refractivity contribution in [3.63, 3.8) is 0 Å². The van der Waals surface area contributed by atoms with Gasteiger partial charge in [0.2, 0.25) is 0 Å². The number of nitrogens with zero attached hydrogens (tertiary/aromatic N) is 1. The summed E-state index contributed by atoms with van der Waals surface area (Å²) in [7, 11) is 5.37. The smallest absolute Gasteiger partial charge is 0.306 e. The number of carboxylic acid groups (broad SMARTS) is 1. The lowest BCUT2D eigenvalue weighted by molar-refractivity contribution is -0.889. The Bertz CT molecular complexity index is 1040. The molecule has 52 heavy (non-hydrogen) atoms. The van der Waals surface area contributed by atoms with Gasteiger partial charge in [-0.2, -0.15) is 0 Å². The molecule has 0 heterocycles. The molecule has 0 rings (SSSR count). The number of likely N-dealkylation sites (N-methyl/N-ethyl adjacent to an activating group) is 1. The van der Waals surface area contributed by atoms with Gasteiger partial charge in [0.25, 0.3) is 0 Å². The van der Waals surface area contributed by atoms with Gasteiger partial charge in [0.15, 0.2) is 6.10 Å². The monoisotopic (exact) mass is 730 g/mol. The average Bonchev–Trinajstić information content (AvgIpc) is 3.09. The van der Waals surface area contributed by atoms with Crippen LogP contribution in [0.15, 0.2) is 60.8 Å². The lowest BCUT2D eigenvalue weighted by atomic mass is 10.1. The molecule has 2 unspecified atom stereocenters. The van der Waals surface area contributed by atoms with Gasteiger partial charge in [-0.25, -0.2) is 0 Å². The number of rotatable bonds is 35. The Hall–Kier alpha value is -2.97. The predicted molar refractivity (Wildman–Crippen MR) is 212 cm³/mol. The number of carbonyl (C=O) groups excluding carboxylic acids is 3. The van der Waals surface area contributed by atoms with Gasteiger partial charge in [-0.1, -0.05) is 139 Å². The van der Waals surface area contributed by atoms with Crippen LogP contribution in [0, 0.1) is 0 Å². The SMILES string of the molecule is CC/C=C\C/C=C\C/C=C\C/C=C\C/C=C\CCCC(=O)OC(COCCC(C(=O)[O-])[N+](C)(C)C)COC(=O)CCCCCCCCCCCCC. The van der Waals surface area contributed by atoms with Gasteiger partial charge in [0.05, 0.1) is 40.3 Å². The van der Waals surface area contributed by atoms with Crippen LogP contribution < -0.4 is 5.11 Å². The Balaban J connectivity index is 4.51. The normalized spacial score (nSPS) is 13.6. The number of esters is 2. The van der Waals surface area contributed by atoms with Crippen molar-refractivity contribution in [2.24, 2.45) is 0 Å². The van der Waals surface area contributed by atoms with Crippen molar-refractivity contribution in [1.82, 2.24) is 0 Å². The van der Waals surface area contributed by atoms with Gasteiger partial charge in [-0.15, -0.1) is 0 Å². The fourth-order valence-corrected chi connectivity index (χ4v) is 5.52. The van der Waals surface area contributed by atoms with Crippen molar-refractivity contribution < 1.29 is 38.2 Å². The Morgan fingerprint density at radius 1 is 0.596 bits per heavy atom. The quantitative estimate of drug-likeness (QED) is 0.0277. The van der Waals surface area contributed by atoms with Crippen molar-refractivity contribution in [1.29, 1.82) is 0 Å². The molecule has 0 aliphatic heterocycles. The summed E-state index contributed by atoms with van der Waals surface area (Å²) in [5, 5.41) is 11.6. The highest BCUT2D eigenvalue weighted by Gasteiger charge is 2.25.